The summed E-state index contributed by atoms with van der Waals surface area (Å²) in [6, 6.07) is 0. The smallest absolute Gasteiger partial charge is 0.0317 e. The third-order valence-corrected chi connectivity index (χ3v) is 1.56. The van der Waals surface area contributed by atoms with Crippen LogP contribution in [0, 0.1) is 0 Å². The second-order valence-corrected chi connectivity index (χ2v) is 2.80. The van der Waals surface area contributed by atoms with Crippen LogP contribution in [0.25, 0.3) is 0 Å². The molecule has 0 aliphatic rings. The average Bonchev–Trinajstić information content (AvgIpc) is 2.04. The van der Waals surface area contributed by atoms with Gasteiger partial charge in [0.25, 0.3) is 0 Å². The molecule has 1 heteroatoms. The zero-order valence-electron chi connectivity index (χ0n) is 8.54. The summed E-state index contributed by atoms with van der Waals surface area (Å²) in [6.45, 7) is 4.18. The van der Waals surface area contributed by atoms with E-state index < -0.39 is 0 Å². The molecule has 0 fully saturated rings. The quantitative estimate of drug-likeness (QED) is 0.579. The largest absolute Gasteiger partial charge is 0.378 e. The maximum absolute atomic E-state index is 2.14. The van der Waals surface area contributed by atoms with Crippen LogP contribution in [0.4, 0.5) is 0 Å². The summed E-state index contributed by atoms with van der Waals surface area (Å²) < 4.78 is 0. The summed E-state index contributed by atoms with van der Waals surface area (Å²) in [5, 5.41) is 0. The number of allylic oxidation sites excluding steroid dienone is 5. The molecule has 0 saturated heterocycles. The summed E-state index contributed by atoms with van der Waals surface area (Å²) in [6.07, 6.45) is 11.6. The Bertz CT molecular complexity index is 185. The van der Waals surface area contributed by atoms with Gasteiger partial charge in [-0.25, -0.2) is 0 Å². The minimum Gasteiger partial charge on any atom is -0.378 e. The molecule has 0 amide bonds. The van der Waals surface area contributed by atoms with Crippen LogP contribution >= 0.6 is 0 Å². The van der Waals surface area contributed by atoms with Gasteiger partial charge in [-0.15, -0.1) is 0 Å². The van der Waals surface area contributed by atoms with Gasteiger partial charge in [0.05, 0.1) is 0 Å². The van der Waals surface area contributed by atoms with Crippen LogP contribution in [0.3, 0.4) is 0 Å². The van der Waals surface area contributed by atoms with E-state index >= 15 is 0 Å². The van der Waals surface area contributed by atoms with Crippen molar-refractivity contribution in [3.8, 4) is 0 Å². The molecule has 0 aromatic rings. The highest BCUT2D eigenvalue weighted by molar-refractivity contribution is 5.19. The first-order chi connectivity index (χ1) is 5.72. The fraction of sp³-hybridized carbons (Fsp3) is 0.455. The minimum absolute atomic E-state index is 1.09. The predicted octanol–water partition coefficient (Wildman–Crippen LogP) is 2.97. The topological polar surface area (TPSA) is 3.24 Å². The normalized spacial score (nSPS) is 13.2. The maximum atomic E-state index is 2.14. The molecule has 0 aliphatic carbocycles. The first-order valence-electron chi connectivity index (χ1n) is 4.39. The maximum Gasteiger partial charge on any atom is 0.0317 e. The molecule has 0 aliphatic heterocycles. The second-order valence-electron chi connectivity index (χ2n) is 2.80. The lowest BCUT2D eigenvalue weighted by molar-refractivity contribution is 0.529. The zero-order chi connectivity index (χ0) is 9.40. The van der Waals surface area contributed by atoms with E-state index in [1.165, 1.54) is 5.70 Å². The van der Waals surface area contributed by atoms with Crippen molar-refractivity contribution in [3.05, 3.63) is 36.1 Å². The van der Waals surface area contributed by atoms with Gasteiger partial charge in [-0.3, -0.25) is 0 Å². The Hall–Kier alpha value is -0.980. The molecule has 0 atom stereocenters. The van der Waals surface area contributed by atoms with Crippen molar-refractivity contribution in [2.45, 2.75) is 20.3 Å². The van der Waals surface area contributed by atoms with Gasteiger partial charge in [-0.1, -0.05) is 31.2 Å². The van der Waals surface area contributed by atoms with E-state index in [9.17, 15) is 0 Å². The fourth-order valence-electron chi connectivity index (χ4n) is 0.872. The molecular formula is C11H19N. The third kappa shape index (κ3) is 4.78. The minimum atomic E-state index is 1.09. The Morgan fingerprint density at radius 1 is 1.25 bits per heavy atom. The number of likely N-dealkylation sites (N-methyl/N-ethyl adjacent to an activating group) is 1. The van der Waals surface area contributed by atoms with Gasteiger partial charge in [0, 0.05) is 19.8 Å². The molecular weight excluding hydrogens is 146 g/mol. The van der Waals surface area contributed by atoms with Crippen molar-refractivity contribution in [1.29, 1.82) is 0 Å². The van der Waals surface area contributed by atoms with E-state index in [2.05, 4.69) is 42.2 Å². The first-order valence-corrected chi connectivity index (χ1v) is 4.39. The van der Waals surface area contributed by atoms with Crippen LogP contribution in [-0.2, 0) is 0 Å². The molecule has 0 N–H and O–H groups in total. The van der Waals surface area contributed by atoms with Crippen molar-refractivity contribution < 1.29 is 0 Å². The highest BCUT2D eigenvalue weighted by Crippen LogP contribution is 1.99. The Balaban J connectivity index is 4.04. The predicted molar refractivity (Wildman–Crippen MR) is 56.0 cm³/mol. The number of nitrogens with zero attached hydrogens (tertiary/aromatic N) is 1. The molecule has 0 spiro atoms. The van der Waals surface area contributed by atoms with Crippen molar-refractivity contribution in [3.63, 3.8) is 0 Å². The highest BCUT2D eigenvalue weighted by atomic mass is 15.1. The summed E-state index contributed by atoms with van der Waals surface area (Å²) in [4.78, 5) is 2.09. The van der Waals surface area contributed by atoms with Crippen molar-refractivity contribution in [2.24, 2.45) is 0 Å². The van der Waals surface area contributed by atoms with E-state index in [4.69, 9.17) is 0 Å². The van der Waals surface area contributed by atoms with Crippen LogP contribution in [0.1, 0.15) is 20.3 Å². The summed E-state index contributed by atoms with van der Waals surface area (Å²) in [5.41, 5.74) is 1.23. The standard InChI is InChI=1S/C11H19N/c1-5-7-8-9-10-11(6-2)12(3)4/h6-10H,5H2,1-4H3/b8-7-,10-9-,11-6+. The molecule has 12 heavy (non-hydrogen) atoms. The van der Waals surface area contributed by atoms with E-state index in [1.807, 2.05) is 21.0 Å². The fourth-order valence-corrected chi connectivity index (χ4v) is 0.872. The van der Waals surface area contributed by atoms with Gasteiger partial charge < -0.3 is 4.90 Å². The van der Waals surface area contributed by atoms with Crippen LogP contribution in [0.15, 0.2) is 36.1 Å². The molecule has 0 saturated carbocycles. The lowest BCUT2D eigenvalue weighted by atomic mass is 10.3. The SMILES string of the molecule is C\C=C(/C=C\C=C/CC)N(C)C. The van der Waals surface area contributed by atoms with Crippen molar-refractivity contribution in [2.75, 3.05) is 14.1 Å². The Labute approximate surface area is 76.1 Å². The second kappa shape index (κ2) is 6.71. The molecule has 1 nitrogen and oxygen atoms in total. The Morgan fingerprint density at radius 3 is 2.33 bits per heavy atom. The molecule has 0 bridgehead atoms. The third-order valence-electron chi connectivity index (χ3n) is 1.56. The van der Waals surface area contributed by atoms with E-state index in [-0.39, 0.29) is 0 Å². The molecule has 68 valence electrons. The zero-order valence-corrected chi connectivity index (χ0v) is 8.54. The highest BCUT2D eigenvalue weighted by Gasteiger charge is 1.88. The molecule has 0 radical (unpaired) electrons. The van der Waals surface area contributed by atoms with Crippen molar-refractivity contribution in [1.82, 2.24) is 4.90 Å². The van der Waals surface area contributed by atoms with Gasteiger partial charge >= 0.3 is 0 Å². The van der Waals surface area contributed by atoms with Crippen molar-refractivity contribution >= 4 is 0 Å². The summed E-state index contributed by atoms with van der Waals surface area (Å²) >= 11 is 0. The average molecular weight is 165 g/mol. The Morgan fingerprint density at radius 2 is 1.92 bits per heavy atom. The molecule has 0 aromatic carbocycles. The number of rotatable bonds is 4. The first kappa shape index (κ1) is 11.0. The number of hydrogen-bond acceptors (Lipinski definition) is 1. The van der Waals surface area contributed by atoms with Crippen LogP contribution in [0.2, 0.25) is 0 Å². The van der Waals surface area contributed by atoms with Crippen LogP contribution in [-0.4, -0.2) is 19.0 Å². The van der Waals surface area contributed by atoms with Gasteiger partial charge in [0.15, 0.2) is 0 Å². The monoisotopic (exact) mass is 165 g/mol. The lowest BCUT2D eigenvalue weighted by Crippen LogP contribution is -2.08. The van der Waals surface area contributed by atoms with Gasteiger partial charge in [0.1, 0.15) is 0 Å². The van der Waals surface area contributed by atoms with Gasteiger partial charge in [0.2, 0.25) is 0 Å². The van der Waals surface area contributed by atoms with E-state index in [0.29, 0.717) is 0 Å². The van der Waals surface area contributed by atoms with Crippen LogP contribution in [0.5, 0.6) is 0 Å². The molecule has 0 aromatic heterocycles. The molecule has 0 heterocycles. The number of hydrogen-bond donors (Lipinski definition) is 0. The Kier molecular flexibility index (Phi) is 6.16. The van der Waals surface area contributed by atoms with E-state index in [1.54, 1.807) is 0 Å². The van der Waals surface area contributed by atoms with Gasteiger partial charge in [-0.05, 0) is 19.4 Å². The molecule has 0 rings (SSSR count). The lowest BCUT2D eigenvalue weighted by Gasteiger charge is -2.12. The summed E-state index contributed by atoms with van der Waals surface area (Å²) in [5.74, 6) is 0. The van der Waals surface area contributed by atoms with E-state index in [0.717, 1.165) is 6.42 Å². The van der Waals surface area contributed by atoms with Gasteiger partial charge in [-0.2, -0.15) is 0 Å². The molecule has 0 unspecified atom stereocenters. The van der Waals surface area contributed by atoms with Crippen LogP contribution < -0.4 is 0 Å². The summed E-state index contributed by atoms with van der Waals surface area (Å²) in [7, 11) is 4.09.